The van der Waals surface area contributed by atoms with E-state index >= 15 is 0 Å². The molecule has 6 heteroatoms. The molecule has 3 heterocycles. The Morgan fingerprint density at radius 1 is 1.17 bits per heavy atom. The van der Waals surface area contributed by atoms with Crippen LogP contribution < -0.4 is 10.1 Å². The number of nitrogens with zero attached hydrogens (tertiary/aromatic N) is 3. The van der Waals surface area contributed by atoms with Gasteiger partial charge in [0.15, 0.2) is 5.65 Å². The van der Waals surface area contributed by atoms with E-state index in [4.69, 9.17) is 19.6 Å². The summed E-state index contributed by atoms with van der Waals surface area (Å²) in [7, 11) is 1.70. The third kappa shape index (κ3) is 3.65. The fourth-order valence-electron chi connectivity index (χ4n) is 4.44. The zero-order valence-corrected chi connectivity index (χ0v) is 18.7. The molecule has 0 amide bonds. The van der Waals surface area contributed by atoms with Gasteiger partial charge in [0.2, 0.25) is 0 Å². The SMILES string of the molecule is CCCC(CCC)Nc1c2c(nc3c(-c4ccc(OC)cc4C)c(C)nn13)COC2. The summed E-state index contributed by atoms with van der Waals surface area (Å²) in [5.41, 5.74) is 7.39. The number of anilines is 1. The van der Waals surface area contributed by atoms with Crippen LogP contribution in [-0.4, -0.2) is 27.7 Å². The molecule has 1 aliphatic heterocycles. The number of hydrogen-bond donors (Lipinski definition) is 1. The Labute approximate surface area is 178 Å². The van der Waals surface area contributed by atoms with Gasteiger partial charge >= 0.3 is 0 Å². The Morgan fingerprint density at radius 3 is 2.60 bits per heavy atom. The number of aromatic nitrogens is 3. The maximum atomic E-state index is 5.77. The summed E-state index contributed by atoms with van der Waals surface area (Å²) in [6, 6.07) is 6.59. The van der Waals surface area contributed by atoms with Crippen molar-refractivity contribution < 1.29 is 9.47 Å². The topological polar surface area (TPSA) is 60.7 Å². The van der Waals surface area contributed by atoms with Crippen molar-refractivity contribution in [1.82, 2.24) is 14.6 Å². The molecule has 30 heavy (non-hydrogen) atoms. The average molecular weight is 409 g/mol. The molecule has 160 valence electrons. The van der Waals surface area contributed by atoms with E-state index in [1.54, 1.807) is 7.11 Å². The molecule has 6 nitrogen and oxygen atoms in total. The molecule has 0 bridgehead atoms. The lowest BCUT2D eigenvalue weighted by Gasteiger charge is -2.21. The second-order valence-electron chi connectivity index (χ2n) is 8.17. The number of aryl methyl sites for hydroxylation is 2. The van der Waals surface area contributed by atoms with Crippen LogP contribution in [0, 0.1) is 13.8 Å². The number of rotatable bonds is 8. The van der Waals surface area contributed by atoms with Gasteiger partial charge in [0, 0.05) is 17.2 Å². The van der Waals surface area contributed by atoms with E-state index in [0.717, 1.165) is 76.5 Å². The first-order chi connectivity index (χ1) is 14.6. The summed E-state index contributed by atoms with van der Waals surface area (Å²) in [6.07, 6.45) is 4.58. The number of fused-ring (bicyclic) bond motifs is 2. The molecule has 2 aromatic heterocycles. The molecule has 3 aromatic rings. The largest absolute Gasteiger partial charge is 0.497 e. The Morgan fingerprint density at radius 2 is 1.93 bits per heavy atom. The molecule has 0 spiro atoms. The standard InChI is InChI=1S/C24H32N4O2/c1-6-8-17(9-7-2)25-23-20-13-30-14-21(20)26-24-22(16(4)27-28(23)24)19-11-10-18(29-5)12-15(19)3/h10-12,17,25H,6-9,13-14H2,1-5H3. The van der Waals surface area contributed by atoms with Gasteiger partial charge in [-0.25, -0.2) is 4.98 Å². The second-order valence-corrected chi connectivity index (χ2v) is 8.17. The summed E-state index contributed by atoms with van der Waals surface area (Å²) in [4.78, 5) is 5.00. The van der Waals surface area contributed by atoms with Crippen molar-refractivity contribution in [3.05, 3.63) is 40.7 Å². The summed E-state index contributed by atoms with van der Waals surface area (Å²) >= 11 is 0. The molecule has 1 N–H and O–H groups in total. The van der Waals surface area contributed by atoms with Gasteiger partial charge in [-0.05, 0) is 49.9 Å². The minimum atomic E-state index is 0.422. The number of ether oxygens (including phenoxy) is 2. The molecule has 0 saturated carbocycles. The molecule has 0 atom stereocenters. The quantitative estimate of drug-likeness (QED) is 0.538. The first-order valence-corrected chi connectivity index (χ1v) is 11.0. The van der Waals surface area contributed by atoms with E-state index in [2.05, 4.69) is 45.1 Å². The fraction of sp³-hybridized carbons (Fsp3) is 0.500. The van der Waals surface area contributed by atoms with Crippen molar-refractivity contribution in [2.75, 3.05) is 12.4 Å². The van der Waals surface area contributed by atoms with E-state index < -0.39 is 0 Å². The van der Waals surface area contributed by atoms with Gasteiger partial charge in [-0.2, -0.15) is 9.61 Å². The van der Waals surface area contributed by atoms with Crippen LogP contribution >= 0.6 is 0 Å². The maximum Gasteiger partial charge on any atom is 0.165 e. The van der Waals surface area contributed by atoms with E-state index in [1.165, 1.54) is 0 Å². The van der Waals surface area contributed by atoms with Crippen LogP contribution in [-0.2, 0) is 18.0 Å². The summed E-state index contributed by atoms with van der Waals surface area (Å²) in [5, 5.41) is 8.74. The van der Waals surface area contributed by atoms with Crippen molar-refractivity contribution in [2.24, 2.45) is 0 Å². The number of hydrogen-bond acceptors (Lipinski definition) is 5. The number of nitrogens with one attached hydrogen (secondary N) is 1. The molecule has 0 saturated heterocycles. The Bertz CT molecular complexity index is 1050. The Kier molecular flexibility index (Phi) is 5.95. The van der Waals surface area contributed by atoms with Gasteiger partial charge in [-0.1, -0.05) is 32.8 Å². The zero-order valence-electron chi connectivity index (χ0n) is 18.7. The van der Waals surface area contributed by atoms with Crippen LogP contribution in [0.15, 0.2) is 18.2 Å². The van der Waals surface area contributed by atoms with Crippen LogP contribution in [0.5, 0.6) is 5.75 Å². The lowest BCUT2D eigenvalue weighted by atomic mass is 10.0. The van der Waals surface area contributed by atoms with Gasteiger partial charge in [0.25, 0.3) is 0 Å². The molecule has 1 aromatic carbocycles. The van der Waals surface area contributed by atoms with Crippen molar-refractivity contribution in [2.45, 2.75) is 72.6 Å². The smallest absolute Gasteiger partial charge is 0.165 e. The second kappa shape index (κ2) is 8.64. The monoisotopic (exact) mass is 408 g/mol. The lowest BCUT2D eigenvalue weighted by Crippen LogP contribution is -2.22. The molecule has 0 unspecified atom stereocenters. The third-order valence-corrected chi connectivity index (χ3v) is 5.93. The van der Waals surface area contributed by atoms with Crippen molar-refractivity contribution in [3.63, 3.8) is 0 Å². The fourth-order valence-corrected chi connectivity index (χ4v) is 4.44. The Balaban J connectivity index is 1.88. The minimum absolute atomic E-state index is 0.422. The maximum absolute atomic E-state index is 5.77. The normalized spacial score (nSPS) is 13.3. The molecule has 0 radical (unpaired) electrons. The van der Waals surface area contributed by atoms with E-state index in [9.17, 15) is 0 Å². The lowest BCUT2D eigenvalue weighted by molar-refractivity contribution is 0.133. The van der Waals surface area contributed by atoms with Crippen molar-refractivity contribution in [1.29, 1.82) is 0 Å². The molecule has 1 aliphatic rings. The van der Waals surface area contributed by atoms with Crippen LogP contribution in [0.4, 0.5) is 5.82 Å². The van der Waals surface area contributed by atoms with Crippen molar-refractivity contribution >= 4 is 11.5 Å². The zero-order chi connectivity index (χ0) is 21.3. The van der Waals surface area contributed by atoms with Crippen LogP contribution in [0.1, 0.15) is 62.0 Å². The summed E-state index contributed by atoms with van der Waals surface area (Å²) in [6.45, 7) is 9.79. The summed E-state index contributed by atoms with van der Waals surface area (Å²) < 4.78 is 13.2. The van der Waals surface area contributed by atoms with Crippen LogP contribution in [0.2, 0.25) is 0 Å². The number of benzene rings is 1. The highest BCUT2D eigenvalue weighted by atomic mass is 16.5. The van der Waals surface area contributed by atoms with E-state index in [1.807, 2.05) is 10.6 Å². The van der Waals surface area contributed by atoms with Crippen molar-refractivity contribution in [3.8, 4) is 16.9 Å². The molecule has 0 fully saturated rings. The first-order valence-electron chi connectivity index (χ1n) is 11.0. The molecule has 4 rings (SSSR count). The first kappa shape index (κ1) is 20.7. The average Bonchev–Trinajstić information content (AvgIpc) is 3.32. The highest BCUT2D eigenvalue weighted by Gasteiger charge is 2.26. The predicted molar refractivity (Wildman–Crippen MR) is 120 cm³/mol. The Hall–Kier alpha value is -2.60. The van der Waals surface area contributed by atoms with E-state index in [0.29, 0.717) is 19.3 Å². The minimum Gasteiger partial charge on any atom is -0.497 e. The van der Waals surface area contributed by atoms with Gasteiger partial charge in [0.05, 0.1) is 31.7 Å². The van der Waals surface area contributed by atoms with Crippen LogP contribution in [0.3, 0.4) is 0 Å². The van der Waals surface area contributed by atoms with Gasteiger partial charge in [-0.3, -0.25) is 0 Å². The molecular weight excluding hydrogens is 376 g/mol. The number of methoxy groups -OCH3 is 1. The summed E-state index contributed by atoms with van der Waals surface area (Å²) in [5.74, 6) is 1.90. The highest BCUT2D eigenvalue weighted by Crippen LogP contribution is 2.36. The molecule has 0 aliphatic carbocycles. The van der Waals surface area contributed by atoms with Gasteiger partial charge in [-0.15, -0.1) is 0 Å². The van der Waals surface area contributed by atoms with Crippen LogP contribution in [0.25, 0.3) is 16.8 Å². The van der Waals surface area contributed by atoms with Gasteiger partial charge < -0.3 is 14.8 Å². The van der Waals surface area contributed by atoms with Gasteiger partial charge in [0.1, 0.15) is 11.6 Å². The predicted octanol–water partition coefficient (Wildman–Crippen LogP) is 5.43. The molecular formula is C24H32N4O2. The third-order valence-electron chi connectivity index (χ3n) is 5.93. The highest BCUT2D eigenvalue weighted by molar-refractivity contribution is 5.83. The van der Waals surface area contributed by atoms with E-state index in [-0.39, 0.29) is 0 Å².